The summed E-state index contributed by atoms with van der Waals surface area (Å²) in [6.45, 7) is 10.5. The summed E-state index contributed by atoms with van der Waals surface area (Å²) < 4.78 is 30.8. The molecule has 274 valence electrons. The Morgan fingerprint density at radius 2 is 1.79 bits per heavy atom. The number of aromatic nitrogens is 1. The first kappa shape index (κ1) is 37.4. The highest BCUT2D eigenvalue weighted by atomic mass is 32.2. The number of aryl methyl sites for hydroxylation is 2. The van der Waals surface area contributed by atoms with Crippen molar-refractivity contribution in [1.82, 2.24) is 4.98 Å². The third-order valence-electron chi connectivity index (χ3n) is 9.79. The molecule has 0 spiro atoms. The van der Waals surface area contributed by atoms with Crippen LogP contribution in [-0.2, 0) is 30.8 Å². The lowest BCUT2D eigenvalue weighted by atomic mass is 9.96. The van der Waals surface area contributed by atoms with E-state index in [9.17, 15) is 9.00 Å². The number of hydrogen-bond donors (Lipinski definition) is 1. The van der Waals surface area contributed by atoms with Crippen LogP contribution in [-0.4, -0.2) is 60.7 Å². The number of pyridine rings is 1. The van der Waals surface area contributed by atoms with Gasteiger partial charge in [0.25, 0.3) is 5.91 Å². The zero-order valence-corrected chi connectivity index (χ0v) is 31.5. The van der Waals surface area contributed by atoms with E-state index in [0.29, 0.717) is 31.1 Å². The molecule has 2 atom stereocenters. The van der Waals surface area contributed by atoms with Gasteiger partial charge in [0.2, 0.25) is 0 Å². The lowest BCUT2D eigenvalue weighted by Gasteiger charge is -2.31. The Labute approximate surface area is 311 Å². The average molecular weight is 722 g/mol. The fraction of sp³-hybridized carbons (Fsp3) is 0.395. The van der Waals surface area contributed by atoms with Gasteiger partial charge in [-0.15, -0.1) is 0 Å². The Morgan fingerprint density at radius 1 is 0.981 bits per heavy atom. The van der Waals surface area contributed by atoms with Crippen LogP contribution in [0, 0.1) is 13.8 Å². The molecule has 1 N–H and O–H groups in total. The standard InChI is InChI=1S/C43H51N3O5S/c1-4-5-23-49-25-26-51-38-15-10-33(11-16-38)34-12-19-42-36(27-34)28-35(8-6-22-46(42)29-39-9-7-24-50-39)43(47)45-37-13-17-40(18-14-37)52(48)30-41-31(2)20-21-44-32(41)3/h10-21,27-28,39H,4-9,22-26,29-30H2,1-3H3,(H,45,47)/b35-28+. The van der Waals surface area contributed by atoms with Crippen molar-refractivity contribution in [2.45, 2.75) is 76.0 Å². The first-order valence-electron chi connectivity index (χ1n) is 18.6. The van der Waals surface area contributed by atoms with Crippen molar-refractivity contribution in [1.29, 1.82) is 0 Å². The van der Waals surface area contributed by atoms with E-state index in [0.717, 1.165) is 114 Å². The van der Waals surface area contributed by atoms with Crippen LogP contribution in [0.4, 0.5) is 11.4 Å². The summed E-state index contributed by atoms with van der Waals surface area (Å²) in [5.41, 5.74) is 8.67. The van der Waals surface area contributed by atoms with Gasteiger partial charge < -0.3 is 24.4 Å². The van der Waals surface area contributed by atoms with E-state index in [4.69, 9.17) is 14.2 Å². The lowest BCUT2D eigenvalue weighted by molar-refractivity contribution is -0.112. The van der Waals surface area contributed by atoms with Gasteiger partial charge in [0, 0.05) is 60.0 Å². The van der Waals surface area contributed by atoms with Gasteiger partial charge in [-0.2, -0.15) is 0 Å². The molecule has 2 aliphatic rings. The molecule has 8 nitrogen and oxygen atoms in total. The van der Waals surface area contributed by atoms with E-state index >= 15 is 0 Å². The predicted molar refractivity (Wildman–Crippen MR) is 210 cm³/mol. The topological polar surface area (TPSA) is 90.0 Å². The first-order valence-corrected chi connectivity index (χ1v) is 19.9. The van der Waals surface area contributed by atoms with Crippen molar-refractivity contribution in [2.75, 3.05) is 49.7 Å². The van der Waals surface area contributed by atoms with Crippen LogP contribution in [0.2, 0.25) is 0 Å². The molecule has 6 rings (SSSR count). The van der Waals surface area contributed by atoms with E-state index in [2.05, 4.69) is 52.5 Å². The van der Waals surface area contributed by atoms with Gasteiger partial charge in [0.05, 0.1) is 29.3 Å². The molecule has 1 saturated heterocycles. The molecule has 1 amide bonds. The largest absolute Gasteiger partial charge is 0.491 e. The van der Waals surface area contributed by atoms with E-state index in [-0.39, 0.29) is 12.0 Å². The summed E-state index contributed by atoms with van der Waals surface area (Å²) in [6, 6.07) is 24.0. The molecule has 2 aliphatic heterocycles. The smallest absolute Gasteiger partial charge is 0.251 e. The van der Waals surface area contributed by atoms with Crippen LogP contribution >= 0.6 is 0 Å². The van der Waals surface area contributed by atoms with Crippen LogP contribution < -0.4 is 15.0 Å². The van der Waals surface area contributed by atoms with Crippen LogP contribution in [0.5, 0.6) is 5.75 Å². The Kier molecular flexibility index (Phi) is 13.3. The molecule has 4 aromatic rings. The number of rotatable bonds is 15. The normalized spacial score (nSPS) is 17.4. The number of anilines is 2. The quantitative estimate of drug-likeness (QED) is 0.123. The second kappa shape index (κ2) is 18.4. The van der Waals surface area contributed by atoms with Crippen LogP contribution in [0.3, 0.4) is 0 Å². The number of nitrogens with zero attached hydrogens (tertiary/aromatic N) is 2. The number of carbonyl (C=O) groups excluding carboxylic acids is 1. The summed E-state index contributed by atoms with van der Waals surface area (Å²) in [4.78, 5) is 21.3. The van der Waals surface area contributed by atoms with Crippen molar-refractivity contribution >= 4 is 34.2 Å². The molecule has 0 bridgehead atoms. The first-order chi connectivity index (χ1) is 25.4. The van der Waals surface area contributed by atoms with Crippen LogP contribution in [0.15, 0.2) is 89.5 Å². The van der Waals surface area contributed by atoms with Gasteiger partial charge in [0.15, 0.2) is 0 Å². The summed E-state index contributed by atoms with van der Waals surface area (Å²) in [5, 5.41) is 3.11. The summed E-state index contributed by atoms with van der Waals surface area (Å²) in [6.07, 6.45) is 9.90. The Balaban J connectivity index is 1.18. The van der Waals surface area contributed by atoms with Crippen molar-refractivity contribution in [3.63, 3.8) is 0 Å². The molecule has 2 unspecified atom stereocenters. The number of hydrogen-bond acceptors (Lipinski definition) is 7. The maximum atomic E-state index is 13.8. The third kappa shape index (κ3) is 9.97. The average Bonchev–Trinajstić information content (AvgIpc) is 3.66. The third-order valence-corrected chi connectivity index (χ3v) is 11.1. The molecule has 0 saturated carbocycles. The van der Waals surface area contributed by atoms with Gasteiger partial charge in [-0.3, -0.25) is 14.0 Å². The molecule has 0 radical (unpaired) electrons. The minimum atomic E-state index is -1.23. The Bertz CT molecular complexity index is 1830. The van der Waals surface area contributed by atoms with E-state index in [1.165, 1.54) is 0 Å². The second-order valence-electron chi connectivity index (χ2n) is 13.6. The predicted octanol–water partition coefficient (Wildman–Crippen LogP) is 8.67. The van der Waals surface area contributed by atoms with Gasteiger partial charge in [-0.1, -0.05) is 31.5 Å². The minimum absolute atomic E-state index is 0.125. The van der Waals surface area contributed by atoms with Crippen molar-refractivity contribution in [2.24, 2.45) is 0 Å². The van der Waals surface area contributed by atoms with Gasteiger partial charge in [-0.25, -0.2) is 0 Å². The Morgan fingerprint density at radius 3 is 2.54 bits per heavy atom. The monoisotopic (exact) mass is 721 g/mol. The highest BCUT2D eigenvalue weighted by Gasteiger charge is 2.24. The second-order valence-corrected chi connectivity index (χ2v) is 15.1. The van der Waals surface area contributed by atoms with E-state index in [1.54, 1.807) is 6.20 Å². The van der Waals surface area contributed by atoms with Gasteiger partial charge in [0.1, 0.15) is 12.4 Å². The highest BCUT2D eigenvalue weighted by molar-refractivity contribution is 7.84. The molecule has 3 heterocycles. The SMILES string of the molecule is CCCCOCCOc1ccc(-c2ccc3c(c2)/C=C(/C(=O)Nc2ccc(S(=O)Cc4c(C)ccnc4C)cc2)CCCN3CC2CCCO2)cc1. The molecule has 1 aromatic heterocycles. The van der Waals surface area contributed by atoms with Crippen LogP contribution in [0.1, 0.15) is 67.8 Å². The zero-order valence-electron chi connectivity index (χ0n) is 30.7. The van der Waals surface area contributed by atoms with Crippen molar-refractivity contribution in [3.05, 3.63) is 107 Å². The molecular formula is C43H51N3O5S. The minimum Gasteiger partial charge on any atom is -0.491 e. The van der Waals surface area contributed by atoms with Crippen LogP contribution in [0.25, 0.3) is 17.2 Å². The Hall–Kier alpha value is -4.31. The molecular weight excluding hydrogens is 671 g/mol. The molecule has 3 aromatic carbocycles. The summed E-state index contributed by atoms with van der Waals surface area (Å²) >= 11 is 0. The maximum Gasteiger partial charge on any atom is 0.251 e. The molecule has 52 heavy (non-hydrogen) atoms. The maximum absolute atomic E-state index is 13.8. The number of amides is 1. The molecule has 1 fully saturated rings. The van der Waals surface area contributed by atoms with E-state index < -0.39 is 10.8 Å². The molecule has 0 aliphatic carbocycles. The summed E-state index contributed by atoms with van der Waals surface area (Å²) in [5.74, 6) is 1.09. The lowest BCUT2D eigenvalue weighted by Crippen LogP contribution is -2.34. The number of fused-ring (bicyclic) bond motifs is 1. The van der Waals surface area contributed by atoms with Gasteiger partial charge >= 0.3 is 0 Å². The summed E-state index contributed by atoms with van der Waals surface area (Å²) in [7, 11) is -1.23. The highest BCUT2D eigenvalue weighted by Crippen LogP contribution is 2.34. The fourth-order valence-electron chi connectivity index (χ4n) is 6.75. The van der Waals surface area contributed by atoms with Crippen molar-refractivity contribution < 1.29 is 23.2 Å². The fourth-order valence-corrected chi connectivity index (χ4v) is 8.06. The van der Waals surface area contributed by atoms with E-state index in [1.807, 2.05) is 62.4 Å². The number of benzene rings is 3. The van der Waals surface area contributed by atoms with Crippen molar-refractivity contribution in [3.8, 4) is 16.9 Å². The zero-order chi connectivity index (χ0) is 36.3. The van der Waals surface area contributed by atoms with Gasteiger partial charge in [-0.05, 0) is 134 Å². The number of ether oxygens (including phenoxy) is 3. The number of carbonyl (C=O) groups is 1. The number of unbranched alkanes of at least 4 members (excludes halogenated alkanes) is 1. The molecule has 9 heteroatoms. The number of nitrogens with one attached hydrogen (secondary N) is 1.